The Hall–Kier alpha value is -2.35. The molecule has 0 saturated heterocycles. The molecule has 0 aromatic carbocycles. The highest BCUT2D eigenvalue weighted by atomic mass is 32.1. The van der Waals surface area contributed by atoms with Crippen LogP contribution in [0.5, 0.6) is 0 Å². The summed E-state index contributed by atoms with van der Waals surface area (Å²) in [5, 5.41) is 6.14. The van der Waals surface area contributed by atoms with Crippen LogP contribution in [-0.4, -0.2) is 29.4 Å². The summed E-state index contributed by atoms with van der Waals surface area (Å²) in [6.45, 7) is 3.48. The van der Waals surface area contributed by atoms with Crippen molar-refractivity contribution in [3.63, 3.8) is 0 Å². The lowest BCUT2D eigenvalue weighted by Gasteiger charge is -2.13. The lowest BCUT2D eigenvalue weighted by molar-refractivity contribution is -0.129. The molecule has 1 amide bonds. The molecule has 22 heavy (non-hydrogen) atoms. The second kappa shape index (κ2) is 7.08. The van der Waals surface area contributed by atoms with Crippen molar-refractivity contribution in [2.24, 2.45) is 0 Å². The fourth-order valence-corrected chi connectivity index (χ4v) is 2.52. The van der Waals surface area contributed by atoms with Gasteiger partial charge in [0.25, 0.3) is 5.91 Å². The Morgan fingerprint density at radius 2 is 2.27 bits per heavy atom. The molecule has 1 atom stereocenters. The highest BCUT2D eigenvalue weighted by Crippen LogP contribution is 2.24. The third kappa shape index (κ3) is 3.64. The third-order valence-electron chi connectivity index (χ3n) is 2.96. The van der Waals surface area contributed by atoms with Crippen LogP contribution >= 0.6 is 11.5 Å². The summed E-state index contributed by atoms with van der Waals surface area (Å²) < 4.78 is 14.4. The van der Waals surface area contributed by atoms with Gasteiger partial charge in [0.15, 0.2) is 6.10 Å². The van der Waals surface area contributed by atoms with Crippen molar-refractivity contribution in [3.8, 4) is 0 Å². The first-order valence-corrected chi connectivity index (χ1v) is 7.45. The number of carbonyl (C=O) groups excluding carboxylic acids is 2. The molecule has 0 bridgehead atoms. The summed E-state index contributed by atoms with van der Waals surface area (Å²) in [5.74, 6) is -0.338. The van der Waals surface area contributed by atoms with Gasteiger partial charge in [0.05, 0.1) is 18.5 Å². The Morgan fingerprint density at radius 1 is 1.50 bits per heavy atom. The van der Waals surface area contributed by atoms with Crippen LogP contribution in [0.2, 0.25) is 0 Å². The van der Waals surface area contributed by atoms with Crippen molar-refractivity contribution in [3.05, 3.63) is 35.4 Å². The second-order valence-electron chi connectivity index (χ2n) is 4.57. The Labute approximate surface area is 131 Å². The summed E-state index contributed by atoms with van der Waals surface area (Å²) in [7, 11) is 1.70. The van der Waals surface area contributed by atoms with Crippen LogP contribution in [0.3, 0.4) is 0 Å². The molecule has 7 nitrogen and oxygen atoms in total. The molecule has 0 unspecified atom stereocenters. The normalized spacial score (nSPS) is 11.8. The predicted molar refractivity (Wildman–Crippen MR) is 81.8 cm³/mol. The maximum absolute atomic E-state index is 12.2. The average Bonchev–Trinajstić information content (AvgIpc) is 3.13. The highest BCUT2D eigenvalue weighted by molar-refractivity contribution is 7.10. The Morgan fingerprint density at radius 3 is 2.91 bits per heavy atom. The van der Waals surface area contributed by atoms with Crippen molar-refractivity contribution in [2.45, 2.75) is 26.5 Å². The lowest BCUT2D eigenvalue weighted by Crippen LogP contribution is -2.35. The van der Waals surface area contributed by atoms with E-state index < -0.39 is 18.0 Å². The number of nitrogens with zero attached hydrogens (tertiary/aromatic N) is 1. The van der Waals surface area contributed by atoms with Gasteiger partial charge in [0.1, 0.15) is 16.3 Å². The minimum absolute atomic E-state index is 0.245. The van der Waals surface area contributed by atoms with E-state index >= 15 is 0 Å². The molecule has 8 heteroatoms. The summed E-state index contributed by atoms with van der Waals surface area (Å²) in [6.07, 6.45) is 0.614. The number of hydrogen-bond donors (Lipinski definition) is 2. The van der Waals surface area contributed by atoms with Gasteiger partial charge in [-0.25, -0.2) is 4.79 Å². The smallest absolute Gasteiger partial charge is 0.343 e. The van der Waals surface area contributed by atoms with Gasteiger partial charge in [-0.05, 0) is 37.5 Å². The fourth-order valence-electron chi connectivity index (χ4n) is 1.78. The molecular weight excluding hydrogens is 306 g/mol. The van der Waals surface area contributed by atoms with Crippen molar-refractivity contribution in [1.29, 1.82) is 0 Å². The Balaban J connectivity index is 1.92. The van der Waals surface area contributed by atoms with E-state index in [0.29, 0.717) is 22.0 Å². The van der Waals surface area contributed by atoms with Gasteiger partial charge >= 0.3 is 5.97 Å². The number of esters is 1. The van der Waals surface area contributed by atoms with Gasteiger partial charge < -0.3 is 19.8 Å². The van der Waals surface area contributed by atoms with E-state index in [0.717, 1.165) is 0 Å². The topological polar surface area (TPSA) is 93.5 Å². The molecule has 0 aliphatic carbocycles. The van der Waals surface area contributed by atoms with E-state index in [9.17, 15) is 9.59 Å². The molecule has 0 fully saturated rings. The molecule has 2 heterocycles. The third-order valence-corrected chi connectivity index (χ3v) is 3.92. The maximum Gasteiger partial charge on any atom is 0.343 e. The number of aryl methyl sites for hydroxylation is 1. The number of carbonyl (C=O) groups is 2. The molecule has 0 radical (unpaired) electrons. The molecule has 0 aliphatic rings. The SMILES string of the molecule is CNc1snc(C)c1C(=O)O[C@@H](C)C(=O)NCc1ccco1. The zero-order chi connectivity index (χ0) is 16.1. The molecule has 0 spiro atoms. The monoisotopic (exact) mass is 323 g/mol. The second-order valence-corrected chi connectivity index (χ2v) is 5.34. The van der Waals surface area contributed by atoms with Gasteiger partial charge in [-0.2, -0.15) is 4.37 Å². The molecule has 2 rings (SSSR count). The van der Waals surface area contributed by atoms with E-state index in [-0.39, 0.29) is 6.54 Å². The maximum atomic E-state index is 12.2. The molecule has 118 valence electrons. The quantitative estimate of drug-likeness (QED) is 0.789. The van der Waals surface area contributed by atoms with Crippen LogP contribution in [0.1, 0.15) is 28.7 Å². The van der Waals surface area contributed by atoms with Gasteiger partial charge in [-0.15, -0.1) is 0 Å². The van der Waals surface area contributed by atoms with E-state index in [1.165, 1.54) is 24.7 Å². The summed E-state index contributed by atoms with van der Waals surface area (Å²) >= 11 is 1.17. The zero-order valence-corrected chi connectivity index (χ0v) is 13.3. The van der Waals surface area contributed by atoms with Gasteiger partial charge in [-0.1, -0.05) is 0 Å². The number of anilines is 1. The van der Waals surface area contributed by atoms with E-state index in [1.807, 2.05) is 0 Å². The summed E-state index contributed by atoms with van der Waals surface area (Å²) in [4.78, 5) is 24.1. The first-order valence-electron chi connectivity index (χ1n) is 6.68. The number of nitrogens with one attached hydrogen (secondary N) is 2. The summed E-state index contributed by atoms with van der Waals surface area (Å²) in [5.41, 5.74) is 0.931. The number of hydrogen-bond acceptors (Lipinski definition) is 7. The van der Waals surface area contributed by atoms with Gasteiger partial charge in [-0.3, -0.25) is 4.79 Å². The zero-order valence-electron chi connectivity index (χ0n) is 12.5. The number of aromatic nitrogens is 1. The fraction of sp³-hybridized carbons (Fsp3) is 0.357. The first-order chi connectivity index (χ1) is 10.5. The minimum Gasteiger partial charge on any atom is -0.467 e. The van der Waals surface area contributed by atoms with Crippen molar-refractivity contribution >= 4 is 28.4 Å². The van der Waals surface area contributed by atoms with Crippen molar-refractivity contribution < 1.29 is 18.7 Å². The molecule has 2 aromatic rings. The highest BCUT2D eigenvalue weighted by Gasteiger charge is 2.24. The molecular formula is C14H17N3O4S. The number of amides is 1. The predicted octanol–water partition coefficient (Wildman–Crippen LogP) is 1.95. The summed E-state index contributed by atoms with van der Waals surface area (Å²) in [6, 6.07) is 3.48. The van der Waals surface area contributed by atoms with Crippen LogP contribution < -0.4 is 10.6 Å². The van der Waals surface area contributed by atoms with Crippen LogP contribution in [-0.2, 0) is 16.1 Å². The van der Waals surface area contributed by atoms with E-state index in [4.69, 9.17) is 9.15 Å². The Bertz CT molecular complexity index is 651. The van der Waals surface area contributed by atoms with E-state index in [1.54, 1.807) is 26.1 Å². The molecule has 0 saturated carbocycles. The molecule has 2 aromatic heterocycles. The van der Waals surface area contributed by atoms with E-state index in [2.05, 4.69) is 15.0 Å². The largest absolute Gasteiger partial charge is 0.467 e. The molecule has 2 N–H and O–H groups in total. The first kappa shape index (κ1) is 16.0. The van der Waals surface area contributed by atoms with Crippen molar-refractivity contribution in [1.82, 2.24) is 9.69 Å². The lowest BCUT2D eigenvalue weighted by atomic mass is 10.2. The number of ether oxygens (including phenoxy) is 1. The van der Waals surface area contributed by atoms with Crippen LogP contribution in [0, 0.1) is 6.92 Å². The Kier molecular flexibility index (Phi) is 5.16. The number of furan rings is 1. The number of rotatable bonds is 6. The van der Waals surface area contributed by atoms with Gasteiger partial charge in [0.2, 0.25) is 0 Å². The van der Waals surface area contributed by atoms with Crippen LogP contribution in [0.15, 0.2) is 22.8 Å². The van der Waals surface area contributed by atoms with Crippen LogP contribution in [0.4, 0.5) is 5.00 Å². The standard InChI is InChI=1S/C14H17N3O4S/c1-8-11(13(15-3)22-17-8)14(19)21-9(2)12(18)16-7-10-5-4-6-20-10/h4-6,9,15H,7H2,1-3H3,(H,16,18)/t9-/m0/s1. The van der Waals surface area contributed by atoms with Gasteiger partial charge in [0, 0.05) is 7.05 Å². The molecule has 0 aliphatic heterocycles. The average molecular weight is 323 g/mol. The van der Waals surface area contributed by atoms with Crippen LogP contribution in [0.25, 0.3) is 0 Å². The van der Waals surface area contributed by atoms with Crippen molar-refractivity contribution in [2.75, 3.05) is 12.4 Å². The minimum atomic E-state index is -0.911.